The minimum atomic E-state index is -0.499. The Hall–Kier alpha value is -2.37. The van der Waals surface area contributed by atoms with E-state index in [4.69, 9.17) is 14.2 Å². The molecule has 1 unspecified atom stereocenters. The van der Waals surface area contributed by atoms with Gasteiger partial charge in [0.1, 0.15) is 0 Å². The van der Waals surface area contributed by atoms with Crippen molar-refractivity contribution in [2.75, 3.05) is 20.8 Å². The van der Waals surface area contributed by atoms with Crippen LogP contribution < -0.4 is 9.47 Å². The van der Waals surface area contributed by atoms with Gasteiger partial charge in [-0.3, -0.25) is 9.69 Å². The molecule has 1 heterocycles. The maximum absolute atomic E-state index is 11.5. The molecule has 0 N–H and O–H groups in total. The zero-order valence-electron chi connectivity index (χ0n) is 15.5. The smallest absolute Gasteiger partial charge is 0.167 e. The Morgan fingerprint density at radius 2 is 1.92 bits per heavy atom. The van der Waals surface area contributed by atoms with Crippen LogP contribution in [0.25, 0.3) is 0 Å². The Bertz CT molecular complexity index is 761. The van der Waals surface area contributed by atoms with Gasteiger partial charge in [-0.15, -0.1) is 0 Å². The number of benzene rings is 2. The first-order valence-corrected chi connectivity index (χ1v) is 8.73. The fourth-order valence-corrected chi connectivity index (χ4v) is 3.42. The number of aryl methyl sites for hydroxylation is 1. The van der Waals surface area contributed by atoms with E-state index in [0.717, 1.165) is 18.3 Å². The fraction of sp³-hybridized carbons (Fsp3) is 0.381. The topological polar surface area (TPSA) is 48.0 Å². The highest BCUT2D eigenvalue weighted by atomic mass is 16.5. The molecule has 1 fully saturated rings. The predicted octanol–water partition coefficient (Wildman–Crippen LogP) is 2.98. The molecule has 2 aromatic carbocycles. The Morgan fingerprint density at radius 1 is 1.12 bits per heavy atom. The average molecular weight is 355 g/mol. The summed E-state index contributed by atoms with van der Waals surface area (Å²) in [6, 6.07) is 14.4. The summed E-state index contributed by atoms with van der Waals surface area (Å²) < 4.78 is 16.4. The van der Waals surface area contributed by atoms with Crippen molar-refractivity contribution in [2.24, 2.45) is 0 Å². The highest BCUT2D eigenvalue weighted by Gasteiger charge is 2.34. The van der Waals surface area contributed by atoms with Gasteiger partial charge in [-0.1, -0.05) is 35.9 Å². The minimum Gasteiger partial charge on any atom is -0.493 e. The van der Waals surface area contributed by atoms with E-state index in [0.29, 0.717) is 24.7 Å². The Balaban J connectivity index is 1.78. The van der Waals surface area contributed by atoms with Gasteiger partial charge < -0.3 is 14.2 Å². The number of hydrogen-bond acceptors (Lipinski definition) is 5. The number of ether oxygens (including phenoxy) is 3. The van der Waals surface area contributed by atoms with Crippen LogP contribution in [0.5, 0.6) is 11.5 Å². The third kappa shape index (κ3) is 4.06. The molecule has 26 heavy (non-hydrogen) atoms. The van der Waals surface area contributed by atoms with E-state index in [9.17, 15) is 4.79 Å². The highest BCUT2D eigenvalue weighted by Crippen LogP contribution is 2.30. The molecule has 138 valence electrons. The number of nitrogens with zero attached hydrogens (tertiary/aromatic N) is 1. The van der Waals surface area contributed by atoms with Crippen LogP contribution >= 0.6 is 0 Å². The van der Waals surface area contributed by atoms with Crippen LogP contribution in [0.2, 0.25) is 0 Å². The third-order valence-electron chi connectivity index (χ3n) is 4.74. The molecular weight excluding hydrogens is 330 g/mol. The summed E-state index contributed by atoms with van der Waals surface area (Å²) in [5.41, 5.74) is 3.51. The van der Waals surface area contributed by atoms with Crippen LogP contribution in [0.3, 0.4) is 0 Å². The van der Waals surface area contributed by atoms with Crippen LogP contribution in [-0.4, -0.2) is 44.3 Å². The normalized spacial score (nSPS) is 20.1. The Labute approximate surface area is 154 Å². The largest absolute Gasteiger partial charge is 0.493 e. The van der Waals surface area contributed by atoms with Crippen LogP contribution in [-0.2, 0) is 22.5 Å². The van der Waals surface area contributed by atoms with Crippen molar-refractivity contribution in [1.29, 1.82) is 0 Å². The highest BCUT2D eigenvalue weighted by molar-refractivity contribution is 5.56. The van der Waals surface area contributed by atoms with Gasteiger partial charge in [-0.05, 0) is 36.6 Å². The number of methoxy groups -OCH3 is 2. The Morgan fingerprint density at radius 3 is 2.62 bits per heavy atom. The van der Waals surface area contributed by atoms with Crippen molar-refractivity contribution in [3.05, 3.63) is 59.2 Å². The molecule has 1 aliphatic rings. The van der Waals surface area contributed by atoms with E-state index >= 15 is 0 Å². The fourth-order valence-electron chi connectivity index (χ4n) is 3.42. The van der Waals surface area contributed by atoms with Gasteiger partial charge >= 0.3 is 0 Å². The van der Waals surface area contributed by atoms with Crippen molar-refractivity contribution in [3.63, 3.8) is 0 Å². The quantitative estimate of drug-likeness (QED) is 0.715. The molecule has 5 heteroatoms. The lowest BCUT2D eigenvalue weighted by Crippen LogP contribution is -2.38. The van der Waals surface area contributed by atoms with E-state index < -0.39 is 6.23 Å². The van der Waals surface area contributed by atoms with Gasteiger partial charge in [0.25, 0.3) is 0 Å². The van der Waals surface area contributed by atoms with Crippen molar-refractivity contribution in [3.8, 4) is 11.5 Å². The summed E-state index contributed by atoms with van der Waals surface area (Å²) in [6.07, 6.45) is 1.15. The number of carbonyl (C=O) groups excluding carboxylic acids is 1. The van der Waals surface area contributed by atoms with Crippen LogP contribution in [0, 0.1) is 6.92 Å². The van der Waals surface area contributed by atoms with Gasteiger partial charge in [-0.25, -0.2) is 0 Å². The van der Waals surface area contributed by atoms with Gasteiger partial charge in [0.2, 0.25) is 0 Å². The van der Waals surface area contributed by atoms with Crippen molar-refractivity contribution < 1.29 is 19.0 Å². The van der Waals surface area contributed by atoms with Crippen LogP contribution in [0.1, 0.15) is 16.7 Å². The zero-order chi connectivity index (χ0) is 18.5. The second kappa shape index (κ2) is 8.34. The summed E-state index contributed by atoms with van der Waals surface area (Å²) >= 11 is 0. The van der Waals surface area contributed by atoms with Gasteiger partial charge in [0.15, 0.2) is 24.0 Å². The molecule has 3 rings (SSSR count). The second-order valence-corrected chi connectivity index (χ2v) is 6.57. The van der Waals surface area contributed by atoms with Crippen molar-refractivity contribution in [2.45, 2.75) is 32.2 Å². The average Bonchev–Trinajstić information content (AvgIpc) is 3.03. The molecule has 2 aromatic rings. The number of rotatable bonds is 7. The first kappa shape index (κ1) is 18.4. The lowest BCUT2D eigenvalue weighted by Gasteiger charge is -2.26. The van der Waals surface area contributed by atoms with E-state index in [1.54, 1.807) is 14.2 Å². The molecule has 2 atom stereocenters. The molecule has 0 bridgehead atoms. The molecule has 1 saturated heterocycles. The standard InChI is InChI=1S/C21H25NO4/c1-15-5-4-6-17(9-15)12-22-18(14-26-21(22)13-23)10-16-7-8-19(24-2)20(11-16)25-3/h4-9,11,13,18,21H,10,12,14H2,1-3H3/t18-,21?/m0/s1. The molecule has 0 aliphatic carbocycles. The molecule has 0 spiro atoms. The van der Waals surface area contributed by atoms with E-state index in [-0.39, 0.29) is 6.04 Å². The third-order valence-corrected chi connectivity index (χ3v) is 4.74. The number of hydrogen-bond donors (Lipinski definition) is 0. The molecular formula is C21H25NO4. The van der Waals surface area contributed by atoms with Gasteiger partial charge in [0.05, 0.1) is 20.8 Å². The first-order chi connectivity index (χ1) is 12.6. The maximum Gasteiger partial charge on any atom is 0.167 e. The summed E-state index contributed by atoms with van der Waals surface area (Å²) in [7, 11) is 3.26. The predicted molar refractivity (Wildman–Crippen MR) is 99.6 cm³/mol. The maximum atomic E-state index is 11.5. The van der Waals surface area contributed by atoms with E-state index in [1.807, 2.05) is 24.3 Å². The monoisotopic (exact) mass is 355 g/mol. The van der Waals surface area contributed by atoms with Crippen LogP contribution in [0.4, 0.5) is 0 Å². The second-order valence-electron chi connectivity index (χ2n) is 6.57. The van der Waals surface area contributed by atoms with Crippen LogP contribution in [0.15, 0.2) is 42.5 Å². The minimum absolute atomic E-state index is 0.129. The first-order valence-electron chi connectivity index (χ1n) is 8.73. The number of aldehydes is 1. The van der Waals surface area contributed by atoms with E-state index in [2.05, 4.69) is 30.0 Å². The SMILES string of the molecule is COc1ccc(C[C@H]2COC(C=O)N2Cc2cccc(C)c2)cc1OC. The molecule has 0 saturated carbocycles. The molecule has 5 nitrogen and oxygen atoms in total. The lowest BCUT2D eigenvalue weighted by atomic mass is 10.0. The Kier molecular flexibility index (Phi) is 5.91. The summed E-state index contributed by atoms with van der Waals surface area (Å²) in [6.45, 7) is 3.29. The van der Waals surface area contributed by atoms with Crippen molar-refractivity contribution in [1.82, 2.24) is 4.90 Å². The van der Waals surface area contributed by atoms with Gasteiger partial charge in [0, 0.05) is 12.6 Å². The van der Waals surface area contributed by atoms with Gasteiger partial charge in [-0.2, -0.15) is 0 Å². The molecule has 1 aliphatic heterocycles. The zero-order valence-corrected chi connectivity index (χ0v) is 15.5. The molecule has 0 aromatic heterocycles. The summed E-state index contributed by atoms with van der Waals surface area (Å²) in [5.74, 6) is 1.42. The summed E-state index contributed by atoms with van der Waals surface area (Å²) in [5, 5.41) is 0. The van der Waals surface area contributed by atoms with E-state index in [1.165, 1.54) is 11.1 Å². The molecule has 0 amide bonds. The number of carbonyl (C=O) groups is 1. The molecule has 0 radical (unpaired) electrons. The van der Waals surface area contributed by atoms with Crippen molar-refractivity contribution >= 4 is 6.29 Å². The lowest BCUT2D eigenvalue weighted by molar-refractivity contribution is -0.122. The summed E-state index contributed by atoms with van der Waals surface area (Å²) in [4.78, 5) is 13.6.